The first kappa shape index (κ1) is 8.76. The Kier molecular flexibility index (Phi) is 2.47. The minimum Gasteiger partial charge on any atom is -0.316 e. The summed E-state index contributed by atoms with van der Waals surface area (Å²) in [6.07, 6.45) is 3.44. The largest absolute Gasteiger partial charge is 0.316 e. The van der Waals surface area contributed by atoms with Crippen molar-refractivity contribution in [3.05, 3.63) is 30.1 Å². The maximum absolute atomic E-state index is 5.69. The van der Waals surface area contributed by atoms with Crippen LogP contribution in [0, 0.1) is 11.8 Å². The first-order valence-electron chi connectivity index (χ1n) is 3.80. The van der Waals surface area contributed by atoms with Crippen LogP contribution in [0.1, 0.15) is 19.4 Å². The lowest BCUT2D eigenvalue weighted by Crippen LogP contribution is -2.29. The molecule has 0 saturated carbocycles. The van der Waals surface area contributed by atoms with Gasteiger partial charge in [0.2, 0.25) is 0 Å². The molecular weight excluding hydrogens is 148 g/mol. The van der Waals surface area contributed by atoms with E-state index >= 15 is 0 Å². The summed E-state index contributed by atoms with van der Waals surface area (Å²) >= 11 is 0. The van der Waals surface area contributed by atoms with E-state index in [9.17, 15) is 0 Å². The Morgan fingerprint density at radius 1 is 1.50 bits per heavy atom. The van der Waals surface area contributed by atoms with Crippen molar-refractivity contribution in [3.63, 3.8) is 0 Å². The maximum atomic E-state index is 5.69. The molecule has 0 amide bonds. The van der Waals surface area contributed by atoms with Crippen LogP contribution >= 0.6 is 0 Å². The van der Waals surface area contributed by atoms with E-state index in [4.69, 9.17) is 5.73 Å². The second kappa shape index (κ2) is 3.38. The molecule has 0 spiro atoms. The Hall–Kier alpha value is -1.33. The first-order valence-corrected chi connectivity index (χ1v) is 3.80. The van der Waals surface area contributed by atoms with Gasteiger partial charge in [-0.15, -0.1) is 0 Å². The minimum atomic E-state index is -0.435. The van der Waals surface area contributed by atoms with Crippen LogP contribution in [0.25, 0.3) is 0 Å². The minimum absolute atomic E-state index is 0.435. The molecule has 2 heteroatoms. The number of rotatable bonds is 0. The van der Waals surface area contributed by atoms with Crippen LogP contribution in [0.2, 0.25) is 0 Å². The molecule has 0 aromatic carbocycles. The molecule has 0 radical (unpaired) electrons. The highest BCUT2D eigenvalue weighted by molar-refractivity contribution is 5.33. The van der Waals surface area contributed by atoms with Crippen molar-refractivity contribution >= 4 is 0 Å². The number of aromatic nitrogens is 1. The third-order valence-corrected chi connectivity index (χ3v) is 1.19. The Balaban J connectivity index is 2.81. The zero-order chi connectivity index (χ0) is 9.03. The fourth-order valence-corrected chi connectivity index (χ4v) is 0.670. The van der Waals surface area contributed by atoms with E-state index in [0.717, 1.165) is 5.56 Å². The van der Waals surface area contributed by atoms with Crippen molar-refractivity contribution in [2.24, 2.45) is 5.73 Å². The Morgan fingerprint density at radius 3 is 2.75 bits per heavy atom. The van der Waals surface area contributed by atoms with E-state index < -0.39 is 5.54 Å². The summed E-state index contributed by atoms with van der Waals surface area (Å²) < 4.78 is 0. The van der Waals surface area contributed by atoms with Gasteiger partial charge in [0.25, 0.3) is 0 Å². The van der Waals surface area contributed by atoms with Crippen molar-refractivity contribution in [2.45, 2.75) is 19.4 Å². The van der Waals surface area contributed by atoms with E-state index in [1.165, 1.54) is 0 Å². The molecule has 62 valence electrons. The van der Waals surface area contributed by atoms with Gasteiger partial charge in [0.05, 0.1) is 5.54 Å². The second-order valence-electron chi connectivity index (χ2n) is 3.21. The highest BCUT2D eigenvalue weighted by Crippen LogP contribution is 1.96. The van der Waals surface area contributed by atoms with Crippen molar-refractivity contribution < 1.29 is 0 Å². The number of hydrogen-bond acceptors (Lipinski definition) is 2. The predicted molar refractivity (Wildman–Crippen MR) is 49.4 cm³/mol. The third-order valence-electron chi connectivity index (χ3n) is 1.19. The molecule has 2 nitrogen and oxygen atoms in total. The van der Waals surface area contributed by atoms with E-state index in [2.05, 4.69) is 16.8 Å². The Morgan fingerprint density at radius 2 is 2.25 bits per heavy atom. The number of nitrogens with two attached hydrogens (primary N) is 1. The van der Waals surface area contributed by atoms with Crippen LogP contribution in [0.15, 0.2) is 24.5 Å². The molecule has 1 aromatic rings. The lowest BCUT2D eigenvalue weighted by molar-refractivity contribution is 0.680. The van der Waals surface area contributed by atoms with E-state index in [1.54, 1.807) is 12.4 Å². The van der Waals surface area contributed by atoms with Gasteiger partial charge in [-0.2, -0.15) is 0 Å². The summed E-state index contributed by atoms with van der Waals surface area (Å²) in [5, 5.41) is 0. The van der Waals surface area contributed by atoms with Crippen LogP contribution in [0.3, 0.4) is 0 Å². The van der Waals surface area contributed by atoms with Gasteiger partial charge in [-0.1, -0.05) is 11.8 Å². The standard InChI is InChI=1S/C10H12N2/c1-10(2,11)6-5-9-4-3-7-12-8-9/h3-4,7-8H,11H2,1-2H3. The molecule has 1 heterocycles. The number of hydrogen-bond donors (Lipinski definition) is 1. The summed E-state index contributed by atoms with van der Waals surface area (Å²) in [7, 11) is 0. The van der Waals surface area contributed by atoms with Gasteiger partial charge < -0.3 is 5.73 Å². The normalized spacial score (nSPS) is 10.2. The van der Waals surface area contributed by atoms with Crippen LogP contribution in [-0.2, 0) is 0 Å². The van der Waals surface area contributed by atoms with Crippen molar-refractivity contribution in [3.8, 4) is 11.8 Å². The number of nitrogens with zero attached hydrogens (tertiary/aromatic N) is 1. The van der Waals surface area contributed by atoms with Gasteiger partial charge in [0, 0.05) is 18.0 Å². The average Bonchev–Trinajstić information content (AvgIpc) is 2.02. The molecule has 0 atom stereocenters. The van der Waals surface area contributed by atoms with E-state index in [-0.39, 0.29) is 0 Å². The zero-order valence-electron chi connectivity index (χ0n) is 7.33. The van der Waals surface area contributed by atoms with Gasteiger partial charge in [-0.25, -0.2) is 0 Å². The Bertz CT molecular complexity index is 298. The molecule has 0 aliphatic rings. The maximum Gasteiger partial charge on any atom is 0.0722 e. The van der Waals surface area contributed by atoms with Crippen molar-refractivity contribution in [1.82, 2.24) is 4.98 Å². The topological polar surface area (TPSA) is 38.9 Å². The molecule has 2 N–H and O–H groups in total. The molecule has 0 unspecified atom stereocenters. The summed E-state index contributed by atoms with van der Waals surface area (Å²) in [6, 6.07) is 3.76. The zero-order valence-corrected chi connectivity index (χ0v) is 7.33. The summed E-state index contributed by atoms with van der Waals surface area (Å²) in [5.74, 6) is 5.87. The van der Waals surface area contributed by atoms with E-state index in [0.29, 0.717) is 0 Å². The third kappa shape index (κ3) is 3.18. The molecule has 0 saturated heterocycles. The summed E-state index contributed by atoms with van der Waals surface area (Å²) in [6.45, 7) is 3.74. The molecule has 0 aliphatic carbocycles. The smallest absolute Gasteiger partial charge is 0.0722 e. The average molecular weight is 160 g/mol. The quantitative estimate of drug-likeness (QED) is 0.579. The van der Waals surface area contributed by atoms with Crippen LogP contribution in [0.5, 0.6) is 0 Å². The van der Waals surface area contributed by atoms with Gasteiger partial charge >= 0.3 is 0 Å². The first-order chi connectivity index (χ1) is 5.58. The predicted octanol–water partition coefficient (Wildman–Crippen LogP) is 1.17. The Labute approximate surface area is 72.8 Å². The van der Waals surface area contributed by atoms with Crippen LogP contribution in [-0.4, -0.2) is 10.5 Å². The number of pyridine rings is 1. The molecule has 0 bridgehead atoms. The van der Waals surface area contributed by atoms with Gasteiger partial charge in [-0.05, 0) is 26.0 Å². The summed E-state index contributed by atoms with van der Waals surface area (Å²) in [4.78, 5) is 3.94. The van der Waals surface area contributed by atoms with E-state index in [1.807, 2.05) is 26.0 Å². The summed E-state index contributed by atoms with van der Waals surface area (Å²) in [5.41, 5.74) is 6.15. The van der Waals surface area contributed by atoms with Crippen LogP contribution in [0.4, 0.5) is 0 Å². The van der Waals surface area contributed by atoms with Crippen molar-refractivity contribution in [1.29, 1.82) is 0 Å². The lowest BCUT2D eigenvalue weighted by atomic mass is 10.1. The van der Waals surface area contributed by atoms with Gasteiger partial charge in [0.15, 0.2) is 0 Å². The fraction of sp³-hybridized carbons (Fsp3) is 0.300. The molecule has 0 fully saturated rings. The molecular formula is C10H12N2. The van der Waals surface area contributed by atoms with Gasteiger partial charge in [-0.3, -0.25) is 4.98 Å². The highest BCUT2D eigenvalue weighted by Gasteiger charge is 2.03. The van der Waals surface area contributed by atoms with Gasteiger partial charge in [0.1, 0.15) is 0 Å². The van der Waals surface area contributed by atoms with Crippen LogP contribution < -0.4 is 5.73 Å². The molecule has 1 rings (SSSR count). The molecule has 1 aromatic heterocycles. The lowest BCUT2D eigenvalue weighted by Gasteiger charge is -2.07. The SMILES string of the molecule is CC(C)(N)C#Cc1cccnc1. The van der Waals surface area contributed by atoms with Crippen molar-refractivity contribution in [2.75, 3.05) is 0 Å². The molecule has 0 aliphatic heterocycles. The highest BCUT2D eigenvalue weighted by atomic mass is 14.7. The fourth-order valence-electron chi connectivity index (χ4n) is 0.670. The second-order valence-corrected chi connectivity index (χ2v) is 3.21. The molecule has 12 heavy (non-hydrogen) atoms. The monoisotopic (exact) mass is 160 g/mol.